The molecule has 0 radical (unpaired) electrons. The lowest BCUT2D eigenvalue weighted by molar-refractivity contribution is 0.0693. The quantitative estimate of drug-likeness (QED) is 0.775. The molecular formula is C12H12N2O4. The van der Waals surface area contributed by atoms with E-state index >= 15 is 0 Å². The van der Waals surface area contributed by atoms with Gasteiger partial charge in [0.1, 0.15) is 6.61 Å². The summed E-state index contributed by atoms with van der Waals surface area (Å²) >= 11 is 0. The first kappa shape index (κ1) is 12.1. The van der Waals surface area contributed by atoms with Gasteiger partial charge in [0.2, 0.25) is 0 Å². The van der Waals surface area contributed by atoms with Crippen LogP contribution in [0.4, 0.5) is 0 Å². The zero-order valence-corrected chi connectivity index (χ0v) is 9.50. The van der Waals surface area contributed by atoms with Gasteiger partial charge in [0.15, 0.2) is 0 Å². The molecular weight excluding hydrogens is 236 g/mol. The molecule has 0 atom stereocenters. The number of aliphatic hydroxyl groups is 1. The van der Waals surface area contributed by atoms with E-state index in [1.54, 1.807) is 0 Å². The Kier molecular flexibility index (Phi) is 3.59. The number of hydrogen-bond donors (Lipinski definition) is 2. The lowest BCUT2D eigenvalue weighted by atomic mass is 10.2. The molecule has 0 aliphatic carbocycles. The number of aliphatic hydroxyl groups excluding tert-OH is 1. The van der Waals surface area contributed by atoms with Gasteiger partial charge in [0.05, 0.1) is 12.3 Å². The van der Waals surface area contributed by atoms with Crippen molar-refractivity contribution in [3.8, 4) is 0 Å². The number of rotatable bonds is 4. The van der Waals surface area contributed by atoms with Gasteiger partial charge in [0.25, 0.3) is 5.56 Å². The fourth-order valence-corrected chi connectivity index (χ4v) is 1.50. The predicted molar refractivity (Wildman–Crippen MR) is 64.0 cm³/mol. The Bertz CT molecular complexity index is 631. The third-order valence-corrected chi connectivity index (χ3v) is 2.34. The van der Waals surface area contributed by atoms with Gasteiger partial charge in [-0.15, -0.1) is 4.73 Å². The first-order valence-electron chi connectivity index (χ1n) is 5.34. The van der Waals surface area contributed by atoms with Crippen molar-refractivity contribution < 1.29 is 9.94 Å². The van der Waals surface area contributed by atoms with Crippen LogP contribution in [0.5, 0.6) is 0 Å². The van der Waals surface area contributed by atoms with Crippen LogP contribution in [0.1, 0.15) is 11.3 Å². The molecule has 0 saturated heterocycles. The van der Waals surface area contributed by atoms with Crippen molar-refractivity contribution in [1.82, 2.24) is 9.71 Å². The number of aromatic amines is 1. The molecule has 0 aliphatic heterocycles. The monoisotopic (exact) mass is 248 g/mol. The van der Waals surface area contributed by atoms with Crippen molar-refractivity contribution in [2.75, 3.05) is 0 Å². The number of H-pyrrole nitrogens is 1. The van der Waals surface area contributed by atoms with Crippen molar-refractivity contribution >= 4 is 0 Å². The van der Waals surface area contributed by atoms with Gasteiger partial charge in [-0.3, -0.25) is 9.78 Å². The van der Waals surface area contributed by atoms with Crippen molar-refractivity contribution in [1.29, 1.82) is 0 Å². The molecule has 0 bridgehead atoms. The van der Waals surface area contributed by atoms with Gasteiger partial charge < -0.3 is 9.94 Å². The molecule has 0 saturated carbocycles. The van der Waals surface area contributed by atoms with Crippen LogP contribution in [0.2, 0.25) is 0 Å². The van der Waals surface area contributed by atoms with Gasteiger partial charge >= 0.3 is 5.69 Å². The Hall–Kier alpha value is -2.34. The fourth-order valence-electron chi connectivity index (χ4n) is 1.50. The summed E-state index contributed by atoms with van der Waals surface area (Å²) in [5.41, 5.74) is -0.287. The number of aromatic nitrogens is 2. The van der Waals surface area contributed by atoms with Crippen LogP contribution in [-0.2, 0) is 13.2 Å². The molecule has 6 nitrogen and oxygen atoms in total. The minimum Gasteiger partial charge on any atom is -0.404 e. The highest BCUT2D eigenvalue weighted by molar-refractivity contribution is 5.13. The van der Waals surface area contributed by atoms with Crippen LogP contribution in [0.3, 0.4) is 0 Å². The van der Waals surface area contributed by atoms with Gasteiger partial charge in [-0.1, -0.05) is 30.3 Å². The Balaban J connectivity index is 2.24. The van der Waals surface area contributed by atoms with Crippen LogP contribution < -0.4 is 16.1 Å². The van der Waals surface area contributed by atoms with E-state index in [-0.39, 0.29) is 12.3 Å². The Morgan fingerprint density at radius 1 is 1.22 bits per heavy atom. The summed E-state index contributed by atoms with van der Waals surface area (Å²) in [5.74, 6) is 0. The van der Waals surface area contributed by atoms with Crippen molar-refractivity contribution in [2.45, 2.75) is 13.2 Å². The van der Waals surface area contributed by atoms with Crippen LogP contribution in [0.15, 0.2) is 46.0 Å². The van der Waals surface area contributed by atoms with Gasteiger partial charge in [-0.2, -0.15) is 0 Å². The topological polar surface area (TPSA) is 84.3 Å². The molecule has 18 heavy (non-hydrogen) atoms. The molecule has 0 amide bonds. The van der Waals surface area contributed by atoms with E-state index < -0.39 is 17.9 Å². The summed E-state index contributed by atoms with van der Waals surface area (Å²) in [6.07, 6.45) is 0. The summed E-state index contributed by atoms with van der Waals surface area (Å²) in [5, 5.41) is 9.07. The molecule has 2 N–H and O–H groups in total. The lowest BCUT2D eigenvalue weighted by Gasteiger charge is -2.11. The molecule has 0 fully saturated rings. The third-order valence-electron chi connectivity index (χ3n) is 2.34. The molecule has 0 unspecified atom stereocenters. The van der Waals surface area contributed by atoms with Gasteiger partial charge in [-0.25, -0.2) is 4.79 Å². The fraction of sp³-hybridized carbons (Fsp3) is 0.167. The summed E-state index contributed by atoms with van der Waals surface area (Å²) in [6, 6.07) is 10.4. The first-order valence-corrected chi connectivity index (χ1v) is 5.34. The van der Waals surface area contributed by atoms with E-state index in [4.69, 9.17) is 9.94 Å². The molecule has 94 valence electrons. The average molecular weight is 248 g/mol. The summed E-state index contributed by atoms with van der Waals surface area (Å²) in [4.78, 5) is 29.9. The zero-order chi connectivity index (χ0) is 13.0. The highest BCUT2D eigenvalue weighted by atomic mass is 16.7. The first-order chi connectivity index (χ1) is 8.70. The summed E-state index contributed by atoms with van der Waals surface area (Å²) in [6.45, 7) is -0.284. The number of hydrogen-bond acceptors (Lipinski definition) is 4. The van der Waals surface area contributed by atoms with Gasteiger partial charge in [-0.05, 0) is 5.56 Å². The van der Waals surface area contributed by atoms with E-state index in [1.807, 2.05) is 30.3 Å². The van der Waals surface area contributed by atoms with Gasteiger partial charge in [0, 0.05) is 6.07 Å². The van der Waals surface area contributed by atoms with E-state index in [0.717, 1.165) is 16.4 Å². The van der Waals surface area contributed by atoms with Crippen LogP contribution in [-0.4, -0.2) is 14.8 Å². The Morgan fingerprint density at radius 2 is 1.94 bits per heavy atom. The maximum atomic E-state index is 11.5. The number of benzene rings is 1. The molecule has 1 aromatic heterocycles. The van der Waals surface area contributed by atoms with Crippen LogP contribution >= 0.6 is 0 Å². The number of nitrogens with one attached hydrogen (secondary N) is 1. The third kappa shape index (κ3) is 2.67. The maximum Gasteiger partial charge on any atom is 0.361 e. The number of nitrogens with zero attached hydrogens (tertiary/aromatic N) is 1. The molecule has 1 aromatic carbocycles. The zero-order valence-electron chi connectivity index (χ0n) is 9.50. The molecule has 6 heteroatoms. The maximum absolute atomic E-state index is 11.5. The summed E-state index contributed by atoms with van der Waals surface area (Å²) in [7, 11) is 0. The van der Waals surface area contributed by atoms with E-state index in [2.05, 4.69) is 4.98 Å². The minimum atomic E-state index is -0.706. The highest BCUT2D eigenvalue weighted by Crippen LogP contribution is 1.99. The normalized spacial score (nSPS) is 10.3. The minimum absolute atomic E-state index is 0.111. The highest BCUT2D eigenvalue weighted by Gasteiger charge is 2.06. The Labute approximate surface area is 102 Å². The summed E-state index contributed by atoms with van der Waals surface area (Å²) < 4.78 is 0.883. The van der Waals surface area contributed by atoms with Crippen molar-refractivity contribution in [3.05, 3.63) is 68.5 Å². The standard InChI is InChI=1S/C12H12N2O4/c15-7-10-6-11(16)13-12(17)14(10)18-8-9-4-2-1-3-5-9/h1-6,15H,7-8H2,(H,13,16,17). The van der Waals surface area contributed by atoms with E-state index in [1.165, 1.54) is 0 Å². The van der Waals surface area contributed by atoms with E-state index in [9.17, 15) is 9.59 Å². The largest absolute Gasteiger partial charge is 0.404 e. The second kappa shape index (κ2) is 5.33. The van der Waals surface area contributed by atoms with Crippen molar-refractivity contribution in [3.63, 3.8) is 0 Å². The van der Waals surface area contributed by atoms with Crippen molar-refractivity contribution in [2.24, 2.45) is 0 Å². The Morgan fingerprint density at radius 3 is 2.61 bits per heavy atom. The molecule has 0 aliphatic rings. The van der Waals surface area contributed by atoms with Crippen LogP contribution in [0.25, 0.3) is 0 Å². The lowest BCUT2D eigenvalue weighted by Crippen LogP contribution is -2.36. The second-order valence-electron chi connectivity index (χ2n) is 3.64. The average Bonchev–Trinajstić information content (AvgIpc) is 2.38. The predicted octanol–water partition coefficient (Wildman–Crippen LogP) is -0.342. The second-order valence-corrected chi connectivity index (χ2v) is 3.64. The van der Waals surface area contributed by atoms with Crippen LogP contribution in [0, 0.1) is 0 Å². The SMILES string of the molecule is O=c1cc(CO)n(OCc2ccccc2)c(=O)[nH]1. The molecule has 0 spiro atoms. The molecule has 2 aromatic rings. The smallest absolute Gasteiger partial charge is 0.361 e. The molecule has 1 heterocycles. The van der Waals surface area contributed by atoms with E-state index in [0.29, 0.717) is 0 Å². The molecule has 2 rings (SSSR count).